The summed E-state index contributed by atoms with van der Waals surface area (Å²) in [4.78, 5) is 25.4. The van der Waals surface area contributed by atoms with E-state index in [9.17, 15) is 9.70 Å². The molecule has 0 atom stereocenters. The van der Waals surface area contributed by atoms with Crippen LogP contribution in [0.3, 0.4) is 0 Å². The van der Waals surface area contributed by atoms with Gasteiger partial charge in [0, 0.05) is 13.1 Å². The van der Waals surface area contributed by atoms with E-state index in [2.05, 4.69) is 17.0 Å². The zero-order valence-corrected chi connectivity index (χ0v) is 15.0. The van der Waals surface area contributed by atoms with Gasteiger partial charge >= 0.3 is 5.97 Å². The first-order valence-electron chi connectivity index (χ1n) is 9.23. The first kappa shape index (κ1) is 19.4. The molecule has 1 saturated heterocycles. The van der Waals surface area contributed by atoms with Crippen molar-refractivity contribution in [2.45, 2.75) is 45.4 Å². The van der Waals surface area contributed by atoms with Crippen molar-refractivity contribution in [1.29, 1.82) is 0 Å². The lowest BCUT2D eigenvalue weighted by atomic mass is 10.1. The summed E-state index contributed by atoms with van der Waals surface area (Å²) in [5, 5.41) is 2.94. The molecule has 1 aromatic carbocycles. The van der Waals surface area contributed by atoms with E-state index in [1.807, 2.05) is 0 Å². The minimum atomic E-state index is -0.388. The van der Waals surface area contributed by atoms with Gasteiger partial charge in [-0.05, 0) is 29.8 Å². The van der Waals surface area contributed by atoms with Gasteiger partial charge in [0.1, 0.15) is 5.69 Å². The van der Waals surface area contributed by atoms with E-state index in [0.717, 1.165) is 18.5 Å². The molecule has 1 aliphatic heterocycles. The Morgan fingerprint density at radius 2 is 1.88 bits per heavy atom. The number of morpholine rings is 1. The van der Waals surface area contributed by atoms with Crippen LogP contribution in [0.5, 0.6) is 0 Å². The number of nitroso groups, excluding NO2 is 1. The van der Waals surface area contributed by atoms with Crippen LogP contribution in [0.2, 0.25) is 0 Å². The van der Waals surface area contributed by atoms with Gasteiger partial charge in [-0.3, -0.25) is 0 Å². The molecule has 1 heterocycles. The van der Waals surface area contributed by atoms with Crippen molar-refractivity contribution >= 4 is 17.3 Å². The molecule has 25 heavy (non-hydrogen) atoms. The van der Waals surface area contributed by atoms with Crippen LogP contribution in [0.4, 0.5) is 11.4 Å². The van der Waals surface area contributed by atoms with Gasteiger partial charge in [-0.25, -0.2) is 4.79 Å². The van der Waals surface area contributed by atoms with Crippen LogP contribution in [0.15, 0.2) is 23.4 Å². The van der Waals surface area contributed by atoms with Crippen LogP contribution in [-0.4, -0.2) is 38.9 Å². The van der Waals surface area contributed by atoms with Gasteiger partial charge in [-0.15, -0.1) is 4.91 Å². The Bertz CT molecular complexity index is 556. The van der Waals surface area contributed by atoms with E-state index >= 15 is 0 Å². The van der Waals surface area contributed by atoms with Gasteiger partial charge in [0.05, 0.1) is 31.1 Å². The molecular weight excluding hydrogens is 320 g/mol. The molecule has 2 rings (SSSR count). The number of carbonyl (C=O) groups is 1. The predicted molar refractivity (Wildman–Crippen MR) is 98.6 cm³/mol. The third-order valence-corrected chi connectivity index (χ3v) is 4.39. The number of carbonyl (C=O) groups excluding carboxylic acids is 1. The number of unbranched alkanes of at least 4 members (excludes halogenated alkanes) is 5. The molecule has 1 aromatic rings. The Hall–Kier alpha value is -1.95. The third-order valence-electron chi connectivity index (χ3n) is 4.39. The van der Waals surface area contributed by atoms with Crippen LogP contribution < -0.4 is 4.90 Å². The maximum absolute atomic E-state index is 12.5. The first-order valence-corrected chi connectivity index (χ1v) is 9.23. The summed E-state index contributed by atoms with van der Waals surface area (Å²) >= 11 is 0. The fourth-order valence-corrected chi connectivity index (χ4v) is 2.95. The average Bonchev–Trinajstić information content (AvgIpc) is 2.67. The highest BCUT2D eigenvalue weighted by Gasteiger charge is 2.20. The fourth-order valence-electron chi connectivity index (χ4n) is 2.95. The summed E-state index contributed by atoms with van der Waals surface area (Å²) in [6.07, 6.45) is 6.83. The second-order valence-electron chi connectivity index (χ2n) is 6.30. The largest absolute Gasteiger partial charge is 0.462 e. The Morgan fingerprint density at radius 3 is 2.60 bits per heavy atom. The van der Waals surface area contributed by atoms with Crippen molar-refractivity contribution in [3.8, 4) is 0 Å². The Labute approximate surface area is 149 Å². The number of ether oxygens (including phenoxy) is 2. The summed E-state index contributed by atoms with van der Waals surface area (Å²) in [5.41, 5.74) is 1.43. The average molecular weight is 348 g/mol. The van der Waals surface area contributed by atoms with Crippen molar-refractivity contribution in [2.24, 2.45) is 5.18 Å². The van der Waals surface area contributed by atoms with Crippen molar-refractivity contribution in [3.63, 3.8) is 0 Å². The third kappa shape index (κ3) is 6.12. The molecule has 1 fully saturated rings. The maximum atomic E-state index is 12.5. The molecule has 0 spiro atoms. The van der Waals surface area contributed by atoms with E-state index in [-0.39, 0.29) is 11.7 Å². The van der Waals surface area contributed by atoms with Crippen LogP contribution in [0.25, 0.3) is 0 Å². The van der Waals surface area contributed by atoms with Crippen molar-refractivity contribution in [2.75, 3.05) is 37.8 Å². The van der Waals surface area contributed by atoms with Crippen LogP contribution in [0, 0.1) is 4.91 Å². The molecule has 0 amide bonds. The normalized spacial score (nSPS) is 14.4. The number of rotatable bonds is 10. The molecule has 0 unspecified atom stereocenters. The molecule has 0 aromatic heterocycles. The summed E-state index contributed by atoms with van der Waals surface area (Å²) in [5.74, 6) is -0.388. The smallest absolute Gasteiger partial charge is 0.340 e. The Kier molecular flexibility index (Phi) is 8.39. The second-order valence-corrected chi connectivity index (χ2v) is 6.30. The van der Waals surface area contributed by atoms with Crippen molar-refractivity contribution in [3.05, 3.63) is 28.7 Å². The van der Waals surface area contributed by atoms with Gasteiger partial charge in [-0.2, -0.15) is 0 Å². The van der Waals surface area contributed by atoms with Gasteiger partial charge in [0.15, 0.2) is 0 Å². The highest BCUT2D eigenvalue weighted by molar-refractivity contribution is 5.97. The summed E-state index contributed by atoms with van der Waals surface area (Å²) in [7, 11) is 0. The molecule has 1 aliphatic rings. The lowest BCUT2D eigenvalue weighted by Gasteiger charge is -2.30. The molecule has 6 heteroatoms. The van der Waals surface area contributed by atoms with Gasteiger partial charge in [0.2, 0.25) is 0 Å². The minimum absolute atomic E-state index is 0.239. The van der Waals surface area contributed by atoms with Crippen LogP contribution in [0.1, 0.15) is 55.8 Å². The van der Waals surface area contributed by atoms with Gasteiger partial charge in [0.25, 0.3) is 0 Å². The van der Waals surface area contributed by atoms with Gasteiger partial charge in [-0.1, -0.05) is 39.0 Å². The second kappa shape index (κ2) is 10.8. The number of hydrogen-bond donors (Lipinski definition) is 0. The molecule has 0 aliphatic carbocycles. The minimum Gasteiger partial charge on any atom is -0.462 e. The lowest BCUT2D eigenvalue weighted by molar-refractivity contribution is 0.0497. The first-order chi connectivity index (χ1) is 12.3. The van der Waals surface area contributed by atoms with Crippen molar-refractivity contribution in [1.82, 2.24) is 0 Å². The number of hydrogen-bond acceptors (Lipinski definition) is 6. The van der Waals surface area contributed by atoms with Crippen LogP contribution in [-0.2, 0) is 9.47 Å². The highest BCUT2D eigenvalue weighted by atomic mass is 16.5. The lowest BCUT2D eigenvalue weighted by Crippen LogP contribution is -2.37. The number of anilines is 1. The number of esters is 1. The predicted octanol–water partition coefficient (Wildman–Crippen LogP) is 4.44. The monoisotopic (exact) mass is 348 g/mol. The van der Waals surface area contributed by atoms with E-state index < -0.39 is 0 Å². The Balaban J connectivity index is 1.93. The standard InChI is InChI=1S/C19H28N2O4/c1-2-3-4-5-6-7-12-25-19(22)17-15-16(20-23)8-9-18(17)21-10-13-24-14-11-21/h8-9,15H,2-7,10-14H2,1H3. The highest BCUT2D eigenvalue weighted by Crippen LogP contribution is 2.27. The molecule has 0 saturated carbocycles. The maximum Gasteiger partial charge on any atom is 0.340 e. The van der Waals surface area contributed by atoms with Gasteiger partial charge < -0.3 is 14.4 Å². The van der Waals surface area contributed by atoms with E-state index in [1.54, 1.807) is 12.1 Å². The summed E-state index contributed by atoms with van der Waals surface area (Å²) in [6, 6.07) is 4.91. The zero-order chi connectivity index (χ0) is 17.9. The quantitative estimate of drug-likeness (QED) is 0.355. The van der Waals surface area contributed by atoms with Crippen molar-refractivity contribution < 1.29 is 14.3 Å². The molecule has 0 N–H and O–H groups in total. The molecular formula is C19H28N2O4. The van der Waals surface area contributed by atoms with E-state index in [4.69, 9.17) is 9.47 Å². The van der Waals surface area contributed by atoms with E-state index in [1.165, 1.54) is 31.7 Å². The summed E-state index contributed by atoms with van der Waals surface area (Å²) in [6.45, 7) is 5.28. The molecule has 0 bridgehead atoms. The topological polar surface area (TPSA) is 68.2 Å². The molecule has 0 radical (unpaired) electrons. The molecule has 138 valence electrons. The SMILES string of the molecule is CCCCCCCCOC(=O)c1cc(N=O)ccc1N1CCOCC1. The van der Waals surface area contributed by atoms with E-state index in [0.29, 0.717) is 38.5 Å². The fraction of sp³-hybridized carbons (Fsp3) is 0.632. The zero-order valence-electron chi connectivity index (χ0n) is 15.0. The van der Waals surface area contributed by atoms with Crippen LogP contribution >= 0.6 is 0 Å². The summed E-state index contributed by atoms with van der Waals surface area (Å²) < 4.78 is 10.8. The molecule has 6 nitrogen and oxygen atoms in total. The number of nitrogens with zero attached hydrogens (tertiary/aromatic N) is 2. The Morgan fingerprint density at radius 1 is 1.16 bits per heavy atom. The number of benzene rings is 1.